The molecule has 0 aromatic heterocycles. The second-order valence-electron chi connectivity index (χ2n) is 7.62. The van der Waals surface area contributed by atoms with Crippen LogP contribution in [0.3, 0.4) is 0 Å². The molecule has 0 radical (unpaired) electrons. The van der Waals surface area contributed by atoms with Crippen LogP contribution in [-0.4, -0.2) is 36.2 Å². The zero-order valence-electron chi connectivity index (χ0n) is 26.2. The quantitative estimate of drug-likeness (QED) is 0.0509. The molecule has 42 heavy (non-hydrogen) atoms. The third kappa shape index (κ3) is 24.6. The van der Waals surface area contributed by atoms with E-state index < -0.39 is 24.3 Å². The summed E-state index contributed by atoms with van der Waals surface area (Å²) in [6, 6.07) is 8.64. The number of benzene rings is 1. The summed E-state index contributed by atoms with van der Waals surface area (Å²) >= 11 is 0. The van der Waals surface area contributed by atoms with E-state index in [9.17, 15) is 19.2 Å². The van der Waals surface area contributed by atoms with Crippen molar-refractivity contribution in [3.05, 3.63) is 107 Å². The van der Waals surface area contributed by atoms with Crippen LogP contribution in [0.1, 0.15) is 72.1 Å². The summed E-state index contributed by atoms with van der Waals surface area (Å²) < 4.78 is 16.8. The van der Waals surface area contributed by atoms with E-state index in [0.717, 1.165) is 32.1 Å². The molecule has 7 nitrogen and oxygen atoms in total. The molecule has 0 aliphatic carbocycles. The second-order valence-corrected chi connectivity index (χ2v) is 7.62. The predicted molar refractivity (Wildman–Crippen MR) is 175 cm³/mol. The minimum absolute atomic E-state index is 0.227. The molecule has 0 spiro atoms. The summed E-state index contributed by atoms with van der Waals surface area (Å²) in [5.41, 5.74) is -0.509. The van der Waals surface area contributed by atoms with Crippen LogP contribution in [0.15, 0.2) is 107 Å². The topological polar surface area (TPSA) is 96.0 Å². The van der Waals surface area contributed by atoms with Gasteiger partial charge < -0.3 is 14.2 Å². The molecule has 1 unspecified atom stereocenters. The van der Waals surface area contributed by atoms with Crippen LogP contribution in [0.5, 0.6) is 5.75 Å². The van der Waals surface area contributed by atoms with Gasteiger partial charge in [-0.15, -0.1) is 65.8 Å². The third-order valence-electron chi connectivity index (χ3n) is 4.83. The van der Waals surface area contributed by atoms with Gasteiger partial charge in [0, 0.05) is 6.42 Å². The molecule has 0 heterocycles. The van der Waals surface area contributed by atoms with Crippen molar-refractivity contribution < 1.29 is 33.4 Å². The third-order valence-corrected chi connectivity index (χ3v) is 4.83. The zero-order chi connectivity index (χ0) is 33.8. The van der Waals surface area contributed by atoms with Crippen molar-refractivity contribution in [2.24, 2.45) is 0 Å². The van der Waals surface area contributed by atoms with Crippen LogP contribution >= 0.6 is 0 Å². The zero-order valence-corrected chi connectivity index (χ0v) is 26.2. The van der Waals surface area contributed by atoms with Crippen molar-refractivity contribution in [2.45, 2.75) is 77.9 Å². The Hall–Kier alpha value is -4.44. The van der Waals surface area contributed by atoms with Crippen molar-refractivity contribution in [2.75, 3.05) is 6.61 Å². The van der Waals surface area contributed by atoms with E-state index in [4.69, 9.17) is 14.2 Å². The van der Waals surface area contributed by atoms with E-state index in [0.29, 0.717) is 12.2 Å². The summed E-state index contributed by atoms with van der Waals surface area (Å²) in [6.45, 7) is 34.3. The van der Waals surface area contributed by atoms with E-state index >= 15 is 0 Å². The number of unbranched alkanes of at least 4 members (excludes halogenated alkanes) is 6. The number of ether oxygens (including phenoxy) is 3. The first-order valence-electron chi connectivity index (χ1n) is 13.5. The van der Waals surface area contributed by atoms with Crippen molar-refractivity contribution in [3.8, 4) is 5.75 Å². The molecule has 1 aromatic carbocycles. The Balaban J connectivity index is -0.000000410. The average molecular weight is 585 g/mol. The van der Waals surface area contributed by atoms with Crippen LogP contribution in [0.25, 0.3) is 0 Å². The fourth-order valence-electron chi connectivity index (χ4n) is 2.92. The minimum Gasteiger partial charge on any atom is -0.453 e. The van der Waals surface area contributed by atoms with Gasteiger partial charge in [0.05, 0.1) is 0 Å². The van der Waals surface area contributed by atoms with Crippen LogP contribution in [-0.2, 0) is 28.7 Å². The van der Waals surface area contributed by atoms with Crippen molar-refractivity contribution in [3.63, 3.8) is 0 Å². The van der Waals surface area contributed by atoms with Gasteiger partial charge in [-0.3, -0.25) is 0 Å². The summed E-state index contributed by atoms with van der Waals surface area (Å²) in [5.74, 6) is -0.0822. The van der Waals surface area contributed by atoms with Crippen LogP contribution < -0.4 is 4.74 Å². The smallest absolute Gasteiger partial charge is 0.348 e. The Morgan fingerprint density at radius 1 is 0.690 bits per heavy atom. The van der Waals surface area contributed by atoms with Gasteiger partial charge in [-0.25, -0.2) is 19.2 Å². The van der Waals surface area contributed by atoms with E-state index in [1.807, 2.05) is 0 Å². The molecule has 0 saturated heterocycles. The first-order chi connectivity index (χ1) is 20.4. The highest BCUT2D eigenvalue weighted by atomic mass is 16.7. The normalized spacial score (nSPS) is 9.60. The van der Waals surface area contributed by atoms with Gasteiger partial charge >= 0.3 is 11.9 Å². The highest BCUT2D eigenvalue weighted by Crippen LogP contribution is 2.27. The van der Waals surface area contributed by atoms with Crippen LogP contribution in [0.4, 0.5) is 0 Å². The molecular formula is C35H52O7. The summed E-state index contributed by atoms with van der Waals surface area (Å²) in [7, 11) is 0. The van der Waals surface area contributed by atoms with Crippen LogP contribution in [0, 0.1) is 0 Å². The monoisotopic (exact) mass is 584 g/mol. The molecule has 0 saturated carbocycles. The number of carbonyl (C=O) groups excluding carboxylic acids is 4. The van der Waals surface area contributed by atoms with E-state index in [2.05, 4.69) is 72.7 Å². The average Bonchev–Trinajstić information content (AvgIpc) is 3.07. The molecule has 0 fully saturated rings. The number of para-hydroxylation sites is 1. The summed E-state index contributed by atoms with van der Waals surface area (Å²) in [4.78, 5) is 46.1. The van der Waals surface area contributed by atoms with Gasteiger partial charge in [0.15, 0.2) is 6.61 Å². The lowest BCUT2D eigenvalue weighted by Gasteiger charge is -2.33. The highest BCUT2D eigenvalue weighted by Gasteiger charge is 2.39. The molecule has 0 amide bonds. The molecule has 1 aromatic rings. The van der Waals surface area contributed by atoms with Gasteiger partial charge in [-0.05, 0) is 32.4 Å². The molecule has 234 valence electrons. The molecule has 0 bridgehead atoms. The number of carbonyl (C=O) groups is 2. The molecule has 1 rings (SSSR count). The van der Waals surface area contributed by atoms with Gasteiger partial charge in [-0.1, -0.05) is 63.6 Å². The Bertz CT molecular complexity index is 901. The van der Waals surface area contributed by atoms with E-state index in [1.165, 1.54) is 32.2 Å². The lowest BCUT2D eigenvalue weighted by Crippen LogP contribution is -2.46. The predicted octanol–water partition coefficient (Wildman–Crippen LogP) is 8.56. The maximum atomic E-state index is 12.4. The lowest BCUT2D eigenvalue weighted by atomic mass is 10.0. The second kappa shape index (κ2) is 36.6. The molecular weight excluding hydrogens is 532 g/mol. The Morgan fingerprint density at radius 3 is 1.57 bits per heavy atom. The standard InChI is InChI=1S/C25H32O7.5C2H4/c1-4-5-6-7-8-9-13-16-25(32-24(29)21(3)18-27,19-30-23(28)20(2)17-26)31-22-14-11-10-12-15-22;5*1-2/h10-12,14-15H,4-9,13,16,19H2,1-3H3;5*1-2H2. The van der Waals surface area contributed by atoms with Crippen molar-refractivity contribution in [1.82, 2.24) is 0 Å². The Kier molecular flexibility index (Phi) is 41.2. The molecule has 1 atom stereocenters. The fourth-order valence-corrected chi connectivity index (χ4v) is 2.92. The molecule has 0 aliphatic rings. The first kappa shape index (κ1) is 47.4. The number of rotatable bonds is 15. The first-order valence-corrected chi connectivity index (χ1v) is 13.5. The van der Waals surface area contributed by atoms with Gasteiger partial charge in [0.2, 0.25) is 0 Å². The van der Waals surface area contributed by atoms with E-state index in [1.54, 1.807) is 30.3 Å². The van der Waals surface area contributed by atoms with Crippen molar-refractivity contribution >= 4 is 23.8 Å². The number of hydrogen-bond donors (Lipinski definition) is 0. The molecule has 0 aliphatic heterocycles. The number of hydrogen-bond acceptors (Lipinski definition) is 7. The van der Waals surface area contributed by atoms with Crippen LogP contribution in [0.2, 0.25) is 0 Å². The fraction of sp³-hybridized carbons (Fsp3) is 0.371. The van der Waals surface area contributed by atoms with Gasteiger partial charge in [-0.2, -0.15) is 0 Å². The summed E-state index contributed by atoms with van der Waals surface area (Å²) in [6.07, 6.45) is 7.35. The molecule has 0 N–H and O–H groups in total. The summed E-state index contributed by atoms with van der Waals surface area (Å²) in [5, 5.41) is 0. The highest BCUT2D eigenvalue weighted by molar-refractivity contribution is 5.96. The maximum Gasteiger partial charge on any atom is 0.348 e. The maximum absolute atomic E-state index is 12.4. The molecule has 7 heteroatoms. The minimum atomic E-state index is -1.67. The lowest BCUT2D eigenvalue weighted by molar-refractivity contribution is -0.216. The Labute approximate surface area is 254 Å². The number of esters is 2. The largest absolute Gasteiger partial charge is 0.453 e. The Morgan fingerprint density at radius 2 is 1.12 bits per heavy atom. The van der Waals surface area contributed by atoms with Gasteiger partial charge in [0.1, 0.15) is 28.8 Å². The van der Waals surface area contributed by atoms with Gasteiger partial charge in [0.25, 0.3) is 5.79 Å². The SMILES string of the molecule is C=C.C=C.C=C.C=C.C=C.CCCCCCCCCC(COC(=O)C(C)=C=O)(OC(=O)C(C)=C=O)Oc1ccccc1. The van der Waals surface area contributed by atoms with E-state index in [-0.39, 0.29) is 17.6 Å². The van der Waals surface area contributed by atoms with Crippen molar-refractivity contribution in [1.29, 1.82) is 0 Å².